The molecule has 184 valence electrons. The number of nitrogens with zero attached hydrogens (tertiary/aromatic N) is 5. The molecule has 1 saturated carbocycles. The number of benzene rings is 1. The molecule has 3 N–H and O–H groups in total. The lowest BCUT2D eigenvalue weighted by atomic mass is 9.85. The molecule has 2 fully saturated rings. The number of nitrogens with one attached hydrogen (secondary N) is 3. The standard InChI is InChI=1S/C23H32Cl2N8O/c1-26-21-29-22(31-23(30-21)33-11-9-32(2)10-12-33)28-18-7-4-15(5-8-18)20(34)27-14-16-3-6-17(24)13-19(16)25/h3,6,13,15,18H,4-5,7-12,14H2,1-2H3,(H,27,34)(H2,26,28,29,30,31). The summed E-state index contributed by atoms with van der Waals surface area (Å²) in [6.45, 7) is 4.16. The van der Waals surface area contributed by atoms with Crippen LogP contribution in [0.5, 0.6) is 0 Å². The first-order chi connectivity index (χ1) is 16.4. The van der Waals surface area contributed by atoms with Crippen molar-refractivity contribution >= 4 is 47.0 Å². The van der Waals surface area contributed by atoms with Crippen molar-refractivity contribution in [2.45, 2.75) is 38.3 Å². The van der Waals surface area contributed by atoms with Crippen LogP contribution in [-0.4, -0.2) is 72.1 Å². The summed E-state index contributed by atoms with van der Waals surface area (Å²) in [6.07, 6.45) is 3.38. The highest BCUT2D eigenvalue weighted by Crippen LogP contribution is 2.27. The Balaban J connectivity index is 1.29. The van der Waals surface area contributed by atoms with E-state index in [1.54, 1.807) is 12.1 Å². The summed E-state index contributed by atoms with van der Waals surface area (Å²) in [4.78, 5) is 30.9. The minimum atomic E-state index is -0.00347. The molecule has 9 nitrogen and oxygen atoms in total. The lowest BCUT2D eigenvalue weighted by Gasteiger charge is -2.33. The predicted octanol–water partition coefficient (Wildman–Crippen LogP) is 3.26. The zero-order valence-electron chi connectivity index (χ0n) is 19.7. The van der Waals surface area contributed by atoms with Crippen LogP contribution in [0.1, 0.15) is 31.2 Å². The first-order valence-corrected chi connectivity index (χ1v) is 12.5. The molecular weight excluding hydrogens is 475 g/mol. The van der Waals surface area contributed by atoms with Crippen molar-refractivity contribution in [1.82, 2.24) is 25.2 Å². The van der Waals surface area contributed by atoms with E-state index in [4.69, 9.17) is 23.2 Å². The van der Waals surface area contributed by atoms with Gasteiger partial charge < -0.3 is 25.8 Å². The molecule has 0 atom stereocenters. The SMILES string of the molecule is CNc1nc(NC2CCC(C(=O)NCc3ccc(Cl)cc3Cl)CC2)nc(N2CCN(C)CC2)n1. The fourth-order valence-corrected chi connectivity index (χ4v) is 4.84. The van der Waals surface area contributed by atoms with Gasteiger partial charge in [-0.2, -0.15) is 15.0 Å². The maximum atomic E-state index is 12.7. The van der Waals surface area contributed by atoms with Gasteiger partial charge in [0.15, 0.2) is 0 Å². The zero-order chi connectivity index (χ0) is 24.1. The van der Waals surface area contributed by atoms with Crippen molar-refractivity contribution in [3.8, 4) is 0 Å². The van der Waals surface area contributed by atoms with Gasteiger partial charge in [0.25, 0.3) is 0 Å². The molecule has 1 aromatic heterocycles. The van der Waals surface area contributed by atoms with Crippen molar-refractivity contribution in [3.05, 3.63) is 33.8 Å². The molecule has 0 radical (unpaired) electrons. The number of hydrogen-bond acceptors (Lipinski definition) is 8. The number of anilines is 3. The van der Waals surface area contributed by atoms with Gasteiger partial charge in [-0.05, 0) is 50.4 Å². The van der Waals surface area contributed by atoms with Crippen molar-refractivity contribution < 1.29 is 4.79 Å². The van der Waals surface area contributed by atoms with E-state index in [2.05, 4.69) is 47.7 Å². The maximum Gasteiger partial charge on any atom is 0.232 e. The fourth-order valence-electron chi connectivity index (χ4n) is 4.36. The molecule has 0 unspecified atom stereocenters. The van der Waals surface area contributed by atoms with E-state index in [-0.39, 0.29) is 17.9 Å². The number of carbonyl (C=O) groups excluding carboxylic acids is 1. The minimum Gasteiger partial charge on any atom is -0.357 e. The fraction of sp³-hybridized carbons (Fsp3) is 0.565. The average molecular weight is 507 g/mol. The minimum absolute atomic E-state index is 0.00347. The molecule has 1 aliphatic carbocycles. The van der Waals surface area contributed by atoms with E-state index in [9.17, 15) is 4.79 Å². The Kier molecular flexibility index (Phi) is 8.28. The third-order valence-electron chi connectivity index (χ3n) is 6.53. The van der Waals surface area contributed by atoms with Crippen LogP contribution in [0.2, 0.25) is 10.0 Å². The van der Waals surface area contributed by atoms with Gasteiger partial charge in [0, 0.05) is 61.8 Å². The predicted molar refractivity (Wildman–Crippen MR) is 137 cm³/mol. The summed E-state index contributed by atoms with van der Waals surface area (Å²) in [7, 11) is 3.94. The molecule has 1 amide bonds. The zero-order valence-corrected chi connectivity index (χ0v) is 21.2. The number of rotatable bonds is 7. The Morgan fingerprint density at radius 2 is 1.74 bits per heavy atom. The number of carbonyl (C=O) groups is 1. The summed E-state index contributed by atoms with van der Waals surface area (Å²) in [5, 5.41) is 10.7. The number of hydrogen-bond donors (Lipinski definition) is 3. The summed E-state index contributed by atoms with van der Waals surface area (Å²) in [5.41, 5.74) is 0.862. The van der Waals surface area contributed by atoms with Crippen LogP contribution in [0.15, 0.2) is 18.2 Å². The van der Waals surface area contributed by atoms with Gasteiger partial charge in [-0.25, -0.2) is 0 Å². The van der Waals surface area contributed by atoms with Crippen LogP contribution < -0.4 is 20.9 Å². The largest absolute Gasteiger partial charge is 0.357 e. The molecule has 0 spiro atoms. The van der Waals surface area contributed by atoms with E-state index in [1.165, 1.54) is 0 Å². The quantitative estimate of drug-likeness (QED) is 0.526. The van der Waals surface area contributed by atoms with E-state index in [0.29, 0.717) is 34.4 Å². The number of halogens is 2. The topological polar surface area (TPSA) is 98.3 Å². The van der Waals surface area contributed by atoms with Crippen molar-refractivity contribution in [2.75, 3.05) is 55.8 Å². The maximum absolute atomic E-state index is 12.7. The van der Waals surface area contributed by atoms with Gasteiger partial charge in [0.1, 0.15) is 0 Å². The highest BCUT2D eigenvalue weighted by Gasteiger charge is 2.27. The van der Waals surface area contributed by atoms with Gasteiger partial charge in [-0.15, -0.1) is 0 Å². The third kappa shape index (κ3) is 6.40. The van der Waals surface area contributed by atoms with E-state index in [0.717, 1.165) is 57.4 Å². The number of likely N-dealkylation sites (N-methyl/N-ethyl adjacent to an activating group) is 1. The van der Waals surface area contributed by atoms with Crippen LogP contribution >= 0.6 is 23.2 Å². The van der Waals surface area contributed by atoms with Gasteiger partial charge in [-0.1, -0.05) is 29.3 Å². The lowest BCUT2D eigenvalue weighted by molar-refractivity contribution is -0.126. The summed E-state index contributed by atoms with van der Waals surface area (Å²) in [5.74, 6) is 1.90. The Bertz CT molecular complexity index is 991. The molecule has 2 aromatic rings. The van der Waals surface area contributed by atoms with E-state index >= 15 is 0 Å². The van der Waals surface area contributed by atoms with Crippen LogP contribution in [0.25, 0.3) is 0 Å². The van der Waals surface area contributed by atoms with Crippen LogP contribution in [0, 0.1) is 5.92 Å². The van der Waals surface area contributed by atoms with Gasteiger partial charge >= 0.3 is 0 Å². The molecule has 2 heterocycles. The molecule has 1 aliphatic heterocycles. The van der Waals surface area contributed by atoms with Gasteiger partial charge in [-0.3, -0.25) is 4.79 Å². The normalized spacial score (nSPS) is 21.2. The Morgan fingerprint density at radius 1 is 1.03 bits per heavy atom. The first-order valence-electron chi connectivity index (χ1n) is 11.8. The second kappa shape index (κ2) is 11.4. The lowest BCUT2D eigenvalue weighted by Crippen LogP contribution is -2.45. The molecule has 1 saturated heterocycles. The Labute approximate surface area is 210 Å². The molecule has 11 heteroatoms. The van der Waals surface area contributed by atoms with E-state index < -0.39 is 0 Å². The third-order valence-corrected chi connectivity index (χ3v) is 7.12. The highest BCUT2D eigenvalue weighted by atomic mass is 35.5. The monoisotopic (exact) mass is 506 g/mol. The molecule has 4 rings (SSSR count). The highest BCUT2D eigenvalue weighted by molar-refractivity contribution is 6.35. The summed E-state index contributed by atoms with van der Waals surface area (Å²) in [6, 6.07) is 5.54. The molecule has 34 heavy (non-hydrogen) atoms. The summed E-state index contributed by atoms with van der Waals surface area (Å²) < 4.78 is 0. The molecular formula is C23H32Cl2N8O. The molecule has 0 bridgehead atoms. The van der Waals surface area contributed by atoms with Gasteiger partial charge in [0.2, 0.25) is 23.8 Å². The Morgan fingerprint density at radius 3 is 2.41 bits per heavy atom. The summed E-state index contributed by atoms with van der Waals surface area (Å²) >= 11 is 12.2. The molecule has 2 aliphatic rings. The van der Waals surface area contributed by atoms with Crippen LogP contribution in [-0.2, 0) is 11.3 Å². The van der Waals surface area contributed by atoms with Crippen LogP contribution in [0.4, 0.5) is 17.8 Å². The van der Waals surface area contributed by atoms with E-state index in [1.807, 2.05) is 13.1 Å². The van der Waals surface area contributed by atoms with Gasteiger partial charge in [0.05, 0.1) is 0 Å². The smallest absolute Gasteiger partial charge is 0.232 e. The molecule has 1 aromatic carbocycles. The van der Waals surface area contributed by atoms with Crippen molar-refractivity contribution in [3.63, 3.8) is 0 Å². The second-order valence-electron chi connectivity index (χ2n) is 8.97. The Hall–Kier alpha value is -2.36. The number of aromatic nitrogens is 3. The number of amides is 1. The van der Waals surface area contributed by atoms with Crippen molar-refractivity contribution in [2.24, 2.45) is 5.92 Å². The van der Waals surface area contributed by atoms with Crippen LogP contribution in [0.3, 0.4) is 0 Å². The second-order valence-corrected chi connectivity index (χ2v) is 9.81. The average Bonchev–Trinajstić information content (AvgIpc) is 2.84. The number of piperazine rings is 1. The van der Waals surface area contributed by atoms with Crippen molar-refractivity contribution in [1.29, 1.82) is 0 Å². The first kappa shape index (κ1) is 24.8.